The third-order valence-corrected chi connectivity index (χ3v) is 13.1. The van der Waals surface area contributed by atoms with Crippen LogP contribution in [0.3, 0.4) is 0 Å². The van der Waals surface area contributed by atoms with Gasteiger partial charge in [0, 0.05) is 63.4 Å². The number of hydrogen-bond acceptors (Lipinski definition) is 10. The molecule has 0 radical (unpaired) electrons. The molecule has 0 aliphatic carbocycles. The minimum Gasteiger partial charge on any atom is -0.493 e. The van der Waals surface area contributed by atoms with Crippen LogP contribution in [-0.4, -0.2) is 118 Å². The van der Waals surface area contributed by atoms with E-state index < -0.39 is 7.14 Å². The standard InChI is InChI=1S/C36H47N4O8P/c1-5-23-13-25-19-37-29-17-33(31(45-3)15-27(29)35(42)39(25)21-23)47-8-11-49(44,10-7-41)12-9-48-34-18-30-28(16-32(34)46-4)36(43)40-22-24(6-2)14-26(40)20-38-30/h5-6,15-18,25-26,37-38,41H,7-14,19-22H2,1-4H3/b23-5+,24-6+/t25-,26-/m0/s1. The van der Waals surface area contributed by atoms with Crippen molar-refractivity contribution < 1.29 is 38.2 Å². The molecule has 264 valence electrons. The predicted molar refractivity (Wildman–Crippen MR) is 190 cm³/mol. The lowest BCUT2D eigenvalue weighted by Gasteiger charge is -2.21. The highest BCUT2D eigenvalue weighted by Crippen LogP contribution is 2.46. The van der Waals surface area contributed by atoms with Crippen molar-refractivity contribution >= 4 is 30.3 Å². The van der Waals surface area contributed by atoms with Crippen LogP contribution in [0.1, 0.15) is 47.4 Å². The van der Waals surface area contributed by atoms with Crippen molar-refractivity contribution in [2.45, 2.75) is 38.8 Å². The minimum atomic E-state index is -2.91. The summed E-state index contributed by atoms with van der Waals surface area (Å²) < 4.78 is 37.4. The number of hydrogen-bond donors (Lipinski definition) is 3. The van der Waals surface area contributed by atoms with Crippen molar-refractivity contribution in [1.29, 1.82) is 0 Å². The van der Waals surface area contributed by atoms with Crippen molar-refractivity contribution in [3.8, 4) is 23.0 Å². The van der Waals surface area contributed by atoms with Crippen molar-refractivity contribution in [1.82, 2.24) is 9.80 Å². The normalized spacial score (nSPS) is 22.6. The van der Waals surface area contributed by atoms with Gasteiger partial charge in [0.25, 0.3) is 11.8 Å². The first-order valence-electron chi connectivity index (χ1n) is 17.0. The zero-order valence-corrected chi connectivity index (χ0v) is 29.6. The number of carbonyl (C=O) groups excluding carboxylic acids is 2. The molecule has 2 aromatic rings. The number of aliphatic hydroxyl groups excluding tert-OH is 1. The number of rotatable bonds is 12. The molecule has 13 heteroatoms. The van der Waals surface area contributed by atoms with Gasteiger partial charge in [-0.05, 0) is 38.8 Å². The molecular formula is C36H47N4O8P. The number of amides is 2. The summed E-state index contributed by atoms with van der Waals surface area (Å²) in [5.74, 6) is 1.64. The van der Waals surface area contributed by atoms with Crippen LogP contribution in [0.4, 0.5) is 11.4 Å². The summed E-state index contributed by atoms with van der Waals surface area (Å²) in [6, 6.07) is 7.13. The first-order valence-corrected chi connectivity index (χ1v) is 19.2. The Kier molecular flexibility index (Phi) is 10.5. The Bertz CT molecular complexity index is 1590. The van der Waals surface area contributed by atoms with E-state index in [0.717, 1.165) is 12.8 Å². The van der Waals surface area contributed by atoms with E-state index in [2.05, 4.69) is 22.8 Å². The van der Waals surface area contributed by atoms with Crippen LogP contribution in [-0.2, 0) is 4.57 Å². The van der Waals surface area contributed by atoms with Crippen LogP contribution in [0.5, 0.6) is 23.0 Å². The van der Waals surface area contributed by atoms with Gasteiger partial charge >= 0.3 is 0 Å². The number of carbonyl (C=O) groups is 2. The van der Waals surface area contributed by atoms with E-state index in [-0.39, 0.29) is 62.2 Å². The smallest absolute Gasteiger partial charge is 0.256 e. The van der Waals surface area contributed by atoms with Gasteiger partial charge in [0.15, 0.2) is 23.0 Å². The molecule has 2 fully saturated rings. The highest BCUT2D eigenvalue weighted by Gasteiger charge is 2.37. The Labute approximate surface area is 287 Å². The fourth-order valence-electron chi connectivity index (χ4n) is 7.15. The van der Waals surface area contributed by atoms with Crippen LogP contribution in [0.25, 0.3) is 0 Å². The number of methoxy groups -OCH3 is 2. The number of nitrogens with one attached hydrogen (secondary N) is 2. The monoisotopic (exact) mass is 694 g/mol. The van der Waals surface area contributed by atoms with Gasteiger partial charge < -0.3 is 49.1 Å². The number of benzene rings is 2. The Hall–Kier alpha value is -4.15. The quantitative estimate of drug-likeness (QED) is 0.212. The summed E-state index contributed by atoms with van der Waals surface area (Å²) in [7, 11) is 0.144. The van der Waals surface area contributed by atoms with E-state index in [9.17, 15) is 19.3 Å². The van der Waals surface area contributed by atoms with Gasteiger partial charge in [-0.3, -0.25) is 9.59 Å². The number of fused-ring (bicyclic) bond motifs is 4. The van der Waals surface area contributed by atoms with Crippen LogP contribution >= 0.6 is 7.14 Å². The number of allylic oxidation sites excluding steroid dienone is 2. The molecule has 0 aromatic heterocycles. The van der Waals surface area contributed by atoms with Gasteiger partial charge in [-0.15, -0.1) is 0 Å². The summed E-state index contributed by atoms with van der Waals surface area (Å²) in [5.41, 5.74) is 4.92. The summed E-state index contributed by atoms with van der Waals surface area (Å²) in [5, 5.41) is 16.6. The molecule has 4 aliphatic heterocycles. The third-order valence-electron chi connectivity index (χ3n) is 10.1. The first-order chi connectivity index (χ1) is 23.7. The number of anilines is 2. The fourth-order valence-corrected chi connectivity index (χ4v) is 9.03. The molecule has 4 heterocycles. The van der Waals surface area contributed by atoms with Gasteiger partial charge in [0.2, 0.25) is 0 Å². The highest BCUT2D eigenvalue weighted by atomic mass is 31.2. The molecular weight excluding hydrogens is 647 g/mol. The average molecular weight is 695 g/mol. The van der Waals surface area contributed by atoms with Crippen LogP contribution in [0.15, 0.2) is 47.6 Å². The maximum atomic E-state index is 14.0. The second-order valence-corrected chi connectivity index (χ2v) is 16.4. The number of aliphatic hydroxyl groups is 1. The fraction of sp³-hybridized carbons (Fsp3) is 0.500. The van der Waals surface area contributed by atoms with Gasteiger partial charge in [0.1, 0.15) is 0 Å². The van der Waals surface area contributed by atoms with Crippen LogP contribution in [0, 0.1) is 0 Å². The maximum Gasteiger partial charge on any atom is 0.256 e. The van der Waals surface area contributed by atoms with E-state index in [1.54, 1.807) is 24.3 Å². The molecule has 0 spiro atoms. The molecule has 3 N–H and O–H groups in total. The Morgan fingerprint density at radius 3 is 1.59 bits per heavy atom. The molecule has 12 nitrogen and oxygen atoms in total. The van der Waals surface area contributed by atoms with E-state index in [0.29, 0.717) is 71.7 Å². The summed E-state index contributed by atoms with van der Waals surface area (Å²) in [6.07, 6.45) is 6.42. The van der Waals surface area contributed by atoms with Gasteiger partial charge in [-0.25, -0.2) is 0 Å². The molecule has 0 bridgehead atoms. The second-order valence-electron chi connectivity index (χ2n) is 13.0. The molecule has 2 atom stereocenters. The van der Waals surface area contributed by atoms with Gasteiger partial charge in [0.05, 0.1) is 69.2 Å². The molecule has 2 amide bonds. The summed E-state index contributed by atoms with van der Waals surface area (Å²) in [4.78, 5) is 30.7. The van der Waals surface area contributed by atoms with Gasteiger partial charge in [-0.1, -0.05) is 23.3 Å². The van der Waals surface area contributed by atoms with Crippen LogP contribution in [0.2, 0.25) is 0 Å². The molecule has 0 saturated carbocycles. The first kappa shape index (κ1) is 34.7. The van der Waals surface area contributed by atoms with Crippen molar-refractivity contribution in [3.63, 3.8) is 0 Å². The molecule has 4 aliphatic rings. The van der Waals surface area contributed by atoms with Gasteiger partial charge in [-0.2, -0.15) is 0 Å². The molecule has 2 aromatic carbocycles. The average Bonchev–Trinajstić information content (AvgIpc) is 3.67. The predicted octanol–water partition coefficient (Wildman–Crippen LogP) is 4.69. The van der Waals surface area contributed by atoms with E-state index in [1.807, 2.05) is 23.6 Å². The SMILES string of the molecule is C/C=C1\C[C@H]2CNc3cc(OCCP(=O)(CCO)CCOc4cc5c(cc4OC)C(=O)N4C/C(=C/C)C[C@H]4CN5)c(OC)cc3C(=O)N2C1. The topological polar surface area (TPSA) is 139 Å². The summed E-state index contributed by atoms with van der Waals surface area (Å²) >= 11 is 0. The molecule has 2 saturated heterocycles. The second kappa shape index (κ2) is 14.8. The highest BCUT2D eigenvalue weighted by molar-refractivity contribution is 7.64. The van der Waals surface area contributed by atoms with E-state index in [4.69, 9.17) is 18.9 Å². The molecule has 0 unspecified atom stereocenters. The Morgan fingerprint density at radius 1 is 0.755 bits per heavy atom. The minimum absolute atomic E-state index is 0.0454. The Balaban J connectivity index is 1.09. The van der Waals surface area contributed by atoms with E-state index >= 15 is 0 Å². The number of ether oxygens (including phenoxy) is 4. The van der Waals surface area contributed by atoms with Crippen molar-refractivity contribution in [3.05, 3.63) is 58.7 Å². The zero-order chi connectivity index (χ0) is 34.7. The Morgan fingerprint density at radius 2 is 1.20 bits per heavy atom. The van der Waals surface area contributed by atoms with Crippen molar-refractivity contribution in [2.75, 3.05) is 89.3 Å². The largest absolute Gasteiger partial charge is 0.493 e. The maximum absolute atomic E-state index is 14.0. The summed E-state index contributed by atoms with van der Waals surface area (Å²) in [6.45, 7) is 6.54. The number of nitrogens with zero attached hydrogens (tertiary/aromatic N) is 2. The lowest BCUT2D eigenvalue weighted by atomic mass is 10.1. The molecule has 49 heavy (non-hydrogen) atoms. The van der Waals surface area contributed by atoms with Crippen LogP contribution < -0.4 is 29.6 Å². The molecule has 6 rings (SSSR count). The lowest BCUT2D eigenvalue weighted by Crippen LogP contribution is -2.36. The van der Waals surface area contributed by atoms with Crippen molar-refractivity contribution in [2.24, 2.45) is 0 Å². The third kappa shape index (κ3) is 7.12. The lowest BCUT2D eigenvalue weighted by molar-refractivity contribution is 0.0744. The zero-order valence-electron chi connectivity index (χ0n) is 28.8. The van der Waals surface area contributed by atoms with E-state index in [1.165, 1.54) is 25.4 Å².